The van der Waals surface area contributed by atoms with Crippen LogP contribution in [0.25, 0.3) is 0 Å². The minimum absolute atomic E-state index is 0. The van der Waals surface area contributed by atoms with Crippen LogP contribution in [-0.4, -0.2) is 24.7 Å². The van der Waals surface area contributed by atoms with Gasteiger partial charge in [-0.2, -0.15) is 0 Å². The quantitative estimate of drug-likeness (QED) is 0.735. The largest absolute Gasteiger partial charge is 0.412 e. The van der Waals surface area contributed by atoms with Crippen LogP contribution in [-0.2, 0) is 18.2 Å². The molecule has 0 atom stereocenters. The normalized spacial score (nSPS) is 6.00. The van der Waals surface area contributed by atoms with Crippen LogP contribution < -0.4 is 0 Å². The molecule has 0 aliphatic rings. The fourth-order valence-electron chi connectivity index (χ4n) is 0.0527. The van der Waals surface area contributed by atoms with Crippen LogP contribution in [0.1, 0.15) is 54.9 Å². The minimum Gasteiger partial charge on any atom is -0.412 e. The summed E-state index contributed by atoms with van der Waals surface area (Å²) in [4.78, 5) is 0. The lowest BCUT2D eigenvalue weighted by Gasteiger charge is -1.72. The molecule has 0 bridgehead atoms. The Morgan fingerprint density at radius 3 is 1.06 bits per heavy atom. The van der Waals surface area contributed by atoms with Crippen LogP contribution in [0.15, 0.2) is 0 Å². The van der Waals surface area contributed by atoms with Crippen LogP contribution in [0.3, 0.4) is 0 Å². The lowest BCUT2D eigenvalue weighted by Crippen LogP contribution is -1.65. The van der Waals surface area contributed by atoms with Gasteiger partial charge in [-0.25, -0.2) is 9.13 Å². The fourth-order valence-corrected chi connectivity index (χ4v) is 0.158. The zero-order chi connectivity index (χ0) is 14.2. The highest BCUT2D eigenvalue weighted by molar-refractivity contribution is 7.17. The first-order valence-electron chi connectivity index (χ1n) is 5.55. The summed E-state index contributed by atoms with van der Waals surface area (Å²) in [5, 5.41) is 0. The van der Waals surface area contributed by atoms with Crippen molar-refractivity contribution in [3.8, 4) is 0 Å². The van der Waals surface area contributed by atoms with Gasteiger partial charge in [-0.3, -0.25) is 9.05 Å². The van der Waals surface area contributed by atoms with Crippen LogP contribution in [0.2, 0.25) is 0 Å². The predicted octanol–water partition coefficient (Wildman–Crippen LogP) is 3.89. The molecule has 0 rings (SSSR count). The molecule has 8 heteroatoms. The Kier molecular flexibility index (Phi) is 287. The lowest BCUT2D eigenvalue weighted by atomic mass is 10.6. The second kappa shape index (κ2) is 120. The Morgan fingerprint density at radius 2 is 1.06 bits per heavy atom. The first kappa shape index (κ1) is 43.0. The van der Waals surface area contributed by atoms with Gasteiger partial charge in [-0.1, -0.05) is 48.0 Å². The van der Waals surface area contributed by atoms with Crippen molar-refractivity contribution in [3.63, 3.8) is 0 Å². The first-order valence-corrected chi connectivity index (χ1v) is 7.01. The maximum absolute atomic E-state index is 9.28. The van der Waals surface area contributed by atoms with E-state index in [2.05, 4.69) is 22.9 Å². The van der Waals surface area contributed by atoms with E-state index in [-0.39, 0.29) is 28.3 Å². The van der Waals surface area contributed by atoms with Gasteiger partial charge in [-0.05, 0) is 6.92 Å². The second-order valence-corrected chi connectivity index (χ2v) is 2.38. The molecule has 118 valence electrons. The molecular formula is C10H32O6P2. The van der Waals surface area contributed by atoms with Gasteiger partial charge >= 0.3 is 17.4 Å². The first-order chi connectivity index (χ1) is 7.74. The molecule has 4 N–H and O–H groups in total. The van der Waals surface area contributed by atoms with Crippen LogP contribution >= 0.6 is 17.4 Å². The van der Waals surface area contributed by atoms with E-state index in [9.17, 15) is 4.57 Å². The summed E-state index contributed by atoms with van der Waals surface area (Å²) in [6, 6.07) is 0. The van der Waals surface area contributed by atoms with Crippen molar-refractivity contribution in [2.45, 2.75) is 54.9 Å². The van der Waals surface area contributed by atoms with Gasteiger partial charge in [0.1, 0.15) is 0 Å². The molecule has 0 fully saturated rings. The molecule has 0 saturated heterocycles. The molecular weight excluding hydrogens is 278 g/mol. The van der Waals surface area contributed by atoms with Gasteiger partial charge in [0.25, 0.3) is 0 Å². The molecule has 0 radical (unpaired) electrons. The van der Waals surface area contributed by atoms with Crippen molar-refractivity contribution in [2.24, 2.45) is 0 Å². The third kappa shape index (κ3) is 393. The van der Waals surface area contributed by atoms with E-state index in [0.29, 0.717) is 6.61 Å². The van der Waals surface area contributed by atoms with Crippen molar-refractivity contribution in [1.82, 2.24) is 0 Å². The van der Waals surface area contributed by atoms with Crippen LogP contribution in [0, 0.1) is 0 Å². The third-order valence-corrected chi connectivity index (χ3v) is 0.769. The zero-order valence-electron chi connectivity index (χ0n) is 12.9. The number of hydrogen-bond donors (Lipinski definition) is 0. The Hall–Kier alpha value is 0.0400. The molecule has 0 heterocycles. The molecule has 0 aromatic rings. The fraction of sp³-hybridized carbons (Fsp3) is 1.00. The van der Waals surface area contributed by atoms with E-state index >= 15 is 0 Å². The highest BCUT2D eigenvalue weighted by atomic mass is 31.1. The van der Waals surface area contributed by atoms with Crippen molar-refractivity contribution >= 4 is 17.4 Å². The van der Waals surface area contributed by atoms with Crippen molar-refractivity contribution < 1.29 is 29.1 Å². The average molecular weight is 310 g/mol. The Bertz CT molecular complexity index is 86.8. The molecule has 0 aromatic heterocycles. The van der Waals surface area contributed by atoms with Crippen molar-refractivity contribution in [1.29, 1.82) is 0 Å². The molecule has 18 heavy (non-hydrogen) atoms. The van der Waals surface area contributed by atoms with Gasteiger partial charge in [0.15, 0.2) is 0 Å². The number of hydrogen-bond acceptors (Lipinski definition) is 4. The predicted molar refractivity (Wildman–Crippen MR) is 79.7 cm³/mol. The second-order valence-electron chi connectivity index (χ2n) is 1.46. The monoisotopic (exact) mass is 310 g/mol. The topological polar surface area (TPSA) is 116 Å². The highest BCUT2D eigenvalue weighted by Crippen LogP contribution is 1.89. The molecule has 0 aliphatic heterocycles. The summed E-state index contributed by atoms with van der Waals surface area (Å²) < 4.78 is 26.5. The molecule has 0 spiro atoms. The SMILES string of the molecule is CC.CC.CCC.CCOP=O.COP=O.O.O. The zero-order valence-corrected chi connectivity index (χ0v) is 14.7. The maximum atomic E-state index is 9.28. The van der Waals surface area contributed by atoms with E-state index in [1.807, 2.05) is 27.7 Å². The minimum atomic E-state index is -0.252. The van der Waals surface area contributed by atoms with Crippen molar-refractivity contribution in [3.05, 3.63) is 0 Å². The summed E-state index contributed by atoms with van der Waals surface area (Å²) >= 11 is 0. The van der Waals surface area contributed by atoms with E-state index < -0.39 is 0 Å². The van der Waals surface area contributed by atoms with Gasteiger partial charge in [0.05, 0.1) is 6.61 Å². The molecule has 0 saturated carbocycles. The lowest BCUT2D eigenvalue weighted by molar-refractivity contribution is 0.365. The highest BCUT2D eigenvalue weighted by Gasteiger charge is 1.65. The molecule has 0 unspecified atom stereocenters. The summed E-state index contributed by atoms with van der Waals surface area (Å²) in [5.41, 5.74) is 0. The molecule has 0 amide bonds. The summed E-state index contributed by atoms with van der Waals surface area (Å²) in [7, 11) is 0.884. The van der Waals surface area contributed by atoms with Gasteiger partial charge in [-0.15, -0.1) is 0 Å². The molecule has 0 aromatic carbocycles. The maximum Gasteiger partial charge on any atom is 0.327 e. The Labute approximate surface area is 116 Å². The smallest absolute Gasteiger partial charge is 0.327 e. The van der Waals surface area contributed by atoms with Gasteiger partial charge in [0.2, 0.25) is 0 Å². The molecule has 0 aliphatic carbocycles. The Balaban J connectivity index is -0.0000000172. The summed E-state index contributed by atoms with van der Waals surface area (Å²) in [5.74, 6) is 0. The third-order valence-electron chi connectivity index (χ3n) is 0.256. The van der Waals surface area contributed by atoms with Gasteiger partial charge in [0, 0.05) is 7.11 Å². The van der Waals surface area contributed by atoms with E-state index in [4.69, 9.17) is 4.57 Å². The van der Waals surface area contributed by atoms with E-state index in [1.54, 1.807) is 6.92 Å². The average Bonchev–Trinajstić information content (AvgIpc) is 2.36. The van der Waals surface area contributed by atoms with Gasteiger partial charge < -0.3 is 11.0 Å². The van der Waals surface area contributed by atoms with Crippen LogP contribution in [0.4, 0.5) is 0 Å². The molecule has 6 nitrogen and oxygen atoms in total. The standard InChI is InChI=1S/C3H8.C2H5O2P.2C2H6.CH3O2P.2H2O/c1-3-2;1-2-4-5-3;2*1-2;1-3-4-2;;/h3H2,1-2H3;2H2,1H3;2*1-2H3;1H3;2*1H2. The van der Waals surface area contributed by atoms with Crippen LogP contribution in [0.5, 0.6) is 0 Å². The summed E-state index contributed by atoms with van der Waals surface area (Å²) in [6.45, 7) is 14.6. The van der Waals surface area contributed by atoms with E-state index in [0.717, 1.165) is 0 Å². The van der Waals surface area contributed by atoms with E-state index in [1.165, 1.54) is 13.5 Å². The Morgan fingerprint density at radius 1 is 0.833 bits per heavy atom. The number of rotatable bonds is 3. The van der Waals surface area contributed by atoms with Crippen molar-refractivity contribution in [2.75, 3.05) is 13.7 Å². The summed E-state index contributed by atoms with van der Waals surface area (Å²) in [6.07, 6.45) is 1.25.